The third kappa shape index (κ3) is 3.32. The Morgan fingerprint density at radius 1 is 0.882 bits per heavy atom. The van der Waals surface area contributed by atoms with Crippen molar-refractivity contribution in [3.63, 3.8) is 0 Å². The Morgan fingerprint density at radius 2 is 1.29 bits per heavy atom. The van der Waals surface area contributed by atoms with E-state index in [1.165, 1.54) is 64.2 Å². The Bertz CT molecular complexity index is 227. The second-order valence-electron chi connectivity index (χ2n) is 5.47. The van der Waals surface area contributed by atoms with Crippen LogP contribution in [0.15, 0.2) is 0 Å². The smallest absolute Gasteiger partial charge is 0.216 e. The van der Waals surface area contributed by atoms with E-state index in [2.05, 4.69) is 16.2 Å². The van der Waals surface area contributed by atoms with Gasteiger partial charge in [-0.2, -0.15) is 0 Å². The van der Waals surface area contributed by atoms with Gasteiger partial charge in [0.2, 0.25) is 5.11 Å². The molecule has 2 aliphatic rings. The molecule has 2 rings (SSSR count). The molecular formula is C13H26N3S+. The van der Waals surface area contributed by atoms with Crippen molar-refractivity contribution in [3.05, 3.63) is 0 Å². The highest BCUT2D eigenvalue weighted by molar-refractivity contribution is 7.80. The SMILES string of the molecule is [NH3+]NC(=S)N(C1CCCCC1)C1CCCCC1. The van der Waals surface area contributed by atoms with Crippen LogP contribution < -0.4 is 11.3 Å². The lowest BCUT2D eigenvalue weighted by Crippen LogP contribution is -2.71. The maximum atomic E-state index is 5.49. The first-order valence-corrected chi connectivity index (χ1v) is 7.59. The molecule has 98 valence electrons. The van der Waals surface area contributed by atoms with Crippen molar-refractivity contribution in [2.75, 3.05) is 0 Å². The van der Waals surface area contributed by atoms with Crippen molar-refractivity contribution in [3.8, 4) is 0 Å². The number of hydrogen-bond acceptors (Lipinski definition) is 1. The quantitative estimate of drug-likeness (QED) is 0.586. The van der Waals surface area contributed by atoms with Crippen LogP contribution in [0.25, 0.3) is 0 Å². The van der Waals surface area contributed by atoms with Crippen LogP contribution in [0, 0.1) is 0 Å². The average molecular weight is 256 g/mol. The molecule has 0 aromatic rings. The molecule has 0 heterocycles. The van der Waals surface area contributed by atoms with Crippen LogP contribution in [-0.2, 0) is 0 Å². The molecule has 0 unspecified atom stereocenters. The molecule has 0 aromatic heterocycles. The minimum absolute atomic E-state index is 0.675. The fourth-order valence-electron chi connectivity index (χ4n) is 3.44. The number of rotatable bonds is 2. The van der Waals surface area contributed by atoms with Gasteiger partial charge in [-0.3, -0.25) is 5.84 Å². The number of thiocarbonyl (C=S) groups is 1. The Morgan fingerprint density at radius 3 is 1.65 bits per heavy atom. The summed E-state index contributed by atoms with van der Waals surface area (Å²) in [7, 11) is 0. The van der Waals surface area contributed by atoms with Crippen LogP contribution in [-0.4, -0.2) is 22.1 Å². The molecule has 2 saturated carbocycles. The molecule has 4 N–H and O–H groups in total. The molecule has 3 nitrogen and oxygen atoms in total. The fourth-order valence-corrected chi connectivity index (χ4v) is 3.74. The fraction of sp³-hybridized carbons (Fsp3) is 0.923. The van der Waals surface area contributed by atoms with Gasteiger partial charge in [-0.05, 0) is 37.9 Å². The number of nitrogens with zero attached hydrogens (tertiary/aromatic N) is 1. The number of nitrogens with one attached hydrogen (secondary N) is 1. The molecule has 2 aliphatic carbocycles. The van der Waals surface area contributed by atoms with Crippen LogP contribution in [0.1, 0.15) is 64.2 Å². The summed E-state index contributed by atoms with van der Waals surface area (Å²) < 4.78 is 0. The van der Waals surface area contributed by atoms with Crippen molar-refractivity contribution >= 4 is 17.3 Å². The summed E-state index contributed by atoms with van der Waals surface area (Å²) in [5, 5.41) is 0.879. The zero-order valence-electron chi connectivity index (χ0n) is 10.8. The second kappa shape index (κ2) is 6.55. The van der Waals surface area contributed by atoms with Crippen molar-refractivity contribution in [1.82, 2.24) is 10.3 Å². The monoisotopic (exact) mass is 256 g/mol. The molecule has 2 fully saturated rings. The van der Waals surface area contributed by atoms with E-state index in [1.54, 1.807) is 0 Å². The molecule has 17 heavy (non-hydrogen) atoms. The predicted molar refractivity (Wildman–Crippen MR) is 74.2 cm³/mol. The van der Waals surface area contributed by atoms with Crippen molar-refractivity contribution in [2.45, 2.75) is 76.3 Å². The highest BCUT2D eigenvalue weighted by atomic mass is 32.1. The molecular weight excluding hydrogens is 230 g/mol. The third-order valence-corrected chi connectivity index (χ3v) is 4.68. The molecule has 0 amide bonds. The predicted octanol–water partition coefficient (Wildman–Crippen LogP) is 1.99. The van der Waals surface area contributed by atoms with Gasteiger partial charge in [-0.1, -0.05) is 38.5 Å². The maximum Gasteiger partial charge on any atom is 0.216 e. The lowest BCUT2D eigenvalue weighted by atomic mass is 9.89. The summed E-state index contributed by atoms with van der Waals surface area (Å²) in [5.41, 5.74) is 2.97. The topological polar surface area (TPSA) is 42.9 Å². The molecule has 0 spiro atoms. The molecule has 0 saturated heterocycles. The van der Waals surface area contributed by atoms with E-state index < -0.39 is 0 Å². The minimum Gasteiger partial charge on any atom is -0.340 e. The van der Waals surface area contributed by atoms with E-state index in [0.29, 0.717) is 12.1 Å². The summed E-state index contributed by atoms with van der Waals surface area (Å²) in [5.74, 6) is 3.76. The van der Waals surface area contributed by atoms with Gasteiger partial charge in [0.15, 0.2) is 0 Å². The van der Waals surface area contributed by atoms with E-state index in [1.807, 2.05) is 0 Å². The summed E-state index contributed by atoms with van der Waals surface area (Å²) in [6.07, 6.45) is 13.6. The molecule has 0 bridgehead atoms. The highest BCUT2D eigenvalue weighted by Gasteiger charge is 2.30. The van der Waals surface area contributed by atoms with Gasteiger partial charge >= 0.3 is 0 Å². The Labute approximate surface area is 110 Å². The summed E-state index contributed by atoms with van der Waals surface area (Å²) in [6, 6.07) is 1.35. The number of hydrogen-bond donors (Lipinski definition) is 2. The van der Waals surface area contributed by atoms with Crippen LogP contribution in [0.2, 0.25) is 0 Å². The van der Waals surface area contributed by atoms with Crippen molar-refractivity contribution in [2.24, 2.45) is 0 Å². The van der Waals surface area contributed by atoms with Gasteiger partial charge in [0.25, 0.3) is 0 Å². The van der Waals surface area contributed by atoms with E-state index in [9.17, 15) is 0 Å². The van der Waals surface area contributed by atoms with Crippen LogP contribution >= 0.6 is 12.2 Å². The third-order valence-electron chi connectivity index (χ3n) is 4.32. The number of quaternary nitrogens is 1. The van der Waals surface area contributed by atoms with Gasteiger partial charge in [-0.25, -0.2) is 5.43 Å². The first kappa shape index (κ1) is 13.1. The summed E-state index contributed by atoms with van der Waals surface area (Å²) in [6.45, 7) is 0. The van der Waals surface area contributed by atoms with Gasteiger partial charge < -0.3 is 4.90 Å². The second-order valence-corrected chi connectivity index (χ2v) is 5.86. The lowest BCUT2D eigenvalue weighted by molar-refractivity contribution is -0.420. The zero-order valence-corrected chi connectivity index (χ0v) is 11.6. The van der Waals surface area contributed by atoms with Crippen LogP contribution in [0.3, 0.4) is 0 Å². The normalized spacial score (nSPS) is 23.4. The minimum atomic E-state index is 0.675. The van der Waals surface area contributed by atoms with Gasteiger partial charge in [0, 0.05) is 12.1 Å². The Balaban J connectivity index is 2.02. The Kier molecular flexibility index (Phi) is 5.04. The summed E-state index contributed by atoms with van der Waals surface area (Å²) in [4.78, 5) is 2.50. The first-order chi connectivity index (χ1) is 8.33. The largest absolute Gasteiger partial charge is 0.340 e. The standard InChI is InChI=1S/C13H25N3S/c14-15-13(17)16(11-7-3-1-4-8-11)12-9-5-2-6-10-12/h11-12H,1-10,14H2,(H,15,17)/p+1. The van der Waals surface area contributed by atoms with Crippen LogP contribution in [0.4, 0.5) is 0 Å². The van der Waals surface area contributed by atoms with E-state index in [4.69, 9.17) is 12.2 Å². The average Bonchev–Trinajstić information content (AvgIpc) is 2.41. The molecule has 0 aromatic carbocycles. The zero-order chi connectivity index (χ0) is 12.1. The molecule has 0 atom stereocenters. The molecule has 4 heteroatoms. The summed E-state index contributed by atoms with van der Waals surface area (Å²) >= 11 is 5.49. The van der Waals surface area contributed by atoms with Gasteiger partial charge in [0.1, 0.15) is 0 Å². The van der Waals surface area contributed by atoms with Gasteiger partial charge in [0.05, 0.1) is 0 Å². The van der Waals surface area contributed by atoms with Gasteiger partial charge in [-0.15, -0.1) is 0 Å². The van der Waals surface area contributed by atoms with Crippen molar-refractivity contribution < 1.29 is 5.84 Å². The highest BCUT2D eigenvalue weighted by Crippen LogP contribution is 2.30. The van der Waals surface area contributed by atoms with E-state index >= 15 is 0 Å². The van der Waals surface area contributed by atoms with Crippen LogP contribution in [0.5, 0.6) is 0 Å². The molecule has 0 aliphatic heterocycles. The maximum absolute atomic E-state index is 5.49. The molecule has 0 radical (unpaired) electrons. The Hall–Kier alpha value is -0.350. The first-order valence-electron chi connectivity index (χ1n) is 7.18. The van der Waals surface area contributed by atoms with E-state index in [0.717, 1.165) is 5.11 Å². The van der Waals surface area contributed by atoms with Crippen molar-refractivity contribution in [1.29, 1.82) is 0 Å². The lowest BCUT2D eigenvalue weighted by Gasteiger charge is -2.42. The van der Waals surface area contributed by atoms with E-state index in [-0.39, 0.29) is 0 Å².